The van der Waals surface area contributed by atoms with Gasteiger partial charge < -0.3 is 9.47 Å². The quantitative estimate of drug-likeness (QED) is 0.487. The Balaban J connectivity index is 1.80. The van der Waals surface area contributed by atoms with E-state index in [1.165, 1.54) is 12.8 Å². The molecule has 0 N–H and O–H groups in total. The lowest BCUT2D eigenvalue weighted by Gasteiger charge is -2.19. The Morgan fingerprint density at radius 3 is 2.67 bits per heavy atom. The fourth-order valence-electron chi connectivity index (χ4n) is 1.39. The van der Waals surface area contributed by atoms with Crippen LogP contribution >= 0.6 is 0 Å². The Morgan fingerprint density at radius 1 is 1.22 bits per heavy atom. The molecule has 0 aliphatic carbocycles. The molecule has 0 aromatic rings. The van der Waals surface area contributed by atoms with E-state index in [-0.39, 0.29) is 0 Å². The Morgan fingerprint density at radius 2 is 2.11 bits per heavy atom. The van der Waals surface area contributed by atoms with Gasteiger partial charge in [-0.3, -0.25) is 0 Å². The lowest BCUT2D eigenvalue weighted by Crippen LogP contribution is -2.21. The van der Waals surface area contributed by atoms with Gasteiger partial charge in [0.05, 0.1) is 19.3 Å². The number of hydrogen-bond donors (Lipinski definition) is 0. The van der Waals surface area contributed by atoms with Crippen molar-refractivity contribution in [2.45, 2.75) is 18.9 Å². The molecule has 2 fully saturated rings. The van der Waals surface area contributed by atoms with Gasteiger partial charge in [-0.25, -0.2) is 0 Å². The lowest BCUT2D eigenvalue weighted by atomic mass is 9.99. The van der Waals surface area contributed by atoms with E-state index in [0.29, 0.717) is 6.10 Å². The second kappa shape index (κ2) is 2.27. The normalized spacial score (nSPS) is 42.7. The predicted molar refractivity (Wildman–Crippen MR) is 33.3 cm³/mol. The van der Waals surface area contributed by atoms with Crippen LogP contribution in [0.15, 0.2) is 0 Å². The fourth-order valence-corrected chi connectivity index (χ4v) is 1.39. The molecule has 0 spiro atoms. The Kier molecular flexibility index (Phi) is 1.44. The molecular formula is C7H12O2. The molecule has 2 atom stereocenters. The van der Waals surface area contributed by atoms with E-state index in [9.17, 15) is 0 Å². The predicted octanol–water partition coefficient (Wildman–Crippen LogP) is 0.812. The molecule has 1 unspecified atom stereocenters. The van der Waals surface area contributed by atoms with Crippen molar-refractivity contribution in [1.29, 1.82) is 0 Å². The SMILES string of the molecule is C1COCC([C@H]2CO2)C1. The van der Waals surface area contributed by atoms with Crippen LogP contribution in [0.3, 0.4) is 0 Å². The second-order valence-corrected chi connectivity index (χ2v) is 2.85. The van der Waals surface area contributed by atoms with Crippen LogP contribution in [0, 0.1) is 5.92 Å². The summed E-state index contributed by atoms with van der Waals surface area (Å²) in [6, 6.07) is 0. The highest BCUT2D eigenvalue weighted by Crippen LogP contribution is 2.26. The Bertz CT molecular complexity index is 93.1. The average molecular weight is 128 g/mol. The van der Waals surface area contributed by atoms with Gasteiger partial charge in [0, 0.05) is 12.5 Å². The largest absolute Gasteiger partial charge is 0.381 e. The van der Waals surface area contributed by atoms with Crippen LogP contribution in [-0.2, 0) is 9.47 Å². The van der Waals surface area contributed by atoms with Crippen LogP contribution in [-0.4, -0.2) is 25.9 Å². The molecule has 0 bridgehead atoms. The van der Waals surface area contributed by atoms with Crippen LogP contribution in [0.25, 0.3) is 0 Å². The smallest absolute Gasteiger partial charge is 0.0860 e. The van der Waals surface area contributed by atoms with Crippen molar-refractivity contribution >= 4 is 0 Å². The summed E-state index contributed by atoms with van der Waals surface area (Å²) in [5.74, 6) is 0.721. The van der Waals surface area contributed by atoms with Crippen molar-refractivity contribution in [3.8, 4) is 0 Å². The van der Waals surface area contributed by atoms with Gasteiger partial charge in [0.2, 0.25) is 0 Å². The van der Waals surface area contributed by atoms with Crippen LogP contribution in [0.2, 0.25) is 0 Å². The number of ether oxygens (including phenoxy) is 2. The van der Waals surface area contributed by atoms with Crippen LogP contribution in [0.4, 0.5) is 0 Å². The number of hydrogen-bond acceptors (Lipinski definition) is 2. The van der Waals surface area contributed by atoms with E-state index < -0.39 is 0 Å². The monoisotopic (exact) mass is 128 g/mol. The van der Waals surface area contributed by atoms with Gasteiger partial charge in [-0.1, -0.05) is 0 Å². The van der Waals surface area contributed by atoms with Gasteiger partial charge in [0.25, 0.3) is 0 Å². The summed E-state index contributed by atoms with van der Waals surface area (Å²) in [6.45, 7) is 2.88. The van der Waals surface area contributed by atoms with Crippen molar-refractivity contribution in [2.75, 3.05) is 19.8 Å². The molecule has 2 heteroatoms. The molecule has 0 aromatic heterocycles. The van der Waals surface area contributed by atoms with Crippen LogP contribution < -0.4 is 0 Å². The zero-order chi connectivity index (χ0) is 6.10. The molecular weight excluding hydrogens is 116 g/mol. The third-order valence-corrected chi connectivity index (χ3v) is 2.08. The highest BCUT2D eigenvalue weighted by molar-refractivity contribution is 4.80. The van der Waals surface area contributed by atoms with Gasteiger partial charge in [-0.2, -0.15) is 0 Å². The summed E-state index contributed by atoms with van der Waals surface area (Å²) >= 11 is 0. The van der Waals surface area contributed by atoms with Crippen molar-refractivity contribution in [3.63, 3.8) is 0 Å². The Labute approximate surface area is 55.1 Å². The zero-order valence-corrected chi connectivity index (χ0v) is 5.51. The molecule has 2 rings (SSSR count). The van der Waals surface area contributed by atoms with Crippen molar-refractivity contribution in [1.82, 2.24) is 0 Å². The number of rotatable bonds is 1. The topological polar surface area (TPSA) is 21.8 Å². The minimum Gasteiger partial charge on any atom is -0.381 e. The molecule has 2 aliphatic rings. The molecule has 2 nitrogen and oxygen atoms in total. The van der Waals surface area contributed by atoms with E-state index in [4.69, 9.17) is 9.47 Å². The van der Waals surface area contributed by atoms with Crippen LogP contribution in [0.1, 0.15) is 12.8 Å². The Hall–Kier alpha value is -0.0800. The van der Waals surface area contributed by atoms with Gasteiger partial charge >= 0.3 is 0 Å². The first-order valence-electron chi connectivity index (χ1n) is 3.66. The van der Waals surface area contributed by atoms with Gasteiger partial charge in [-0.05, 0) is 12.8 Å². The third kappa shape index (κ3) is 1.25. The zero-order valence-electron chi connectivity index (χ0n) is 5.51. The third-order valence-electron chi connectivity index (χ3n) is 2.08. The van der Waals surface area contributed by atoms with Crippen LogP contribution in [0.5, 0.6) is 0 Å². The maximum Gasteiger partial charge on any atom is 0.0860 e. The first-order valence-corrected chi connectivity index (χ1v) is 3.66. The van der Waals surface area contributed by atoms with Gasteiger partial charge in [-0.15, -0.1) is 0 Å². The van der Waals surface area contributed by atoms with Crippen molar-refractivity contribution < 1.29 is 9.47 Å². The summed E-state index contributed by atoms with van der Waals surface area (Å²) in [4.78, 5) is 0. The second-order valence-electron chi connectivity index (χ2n) is 2.85. The summed E-state index contributed by atoms with van der Waals surface area (Å²) in [7, 11) is 0. The lowest BCUT2D eigenvalue weighted by molar-refractivity contribution is 0.0436. The van der Waals surface area contributed by atoms with E-state index in [1.54, 1.807) is 0 Å². The van der Waals surface area contributed by atoms with E-state index in [2.05, 4.69) is 0 Å². The maximum atomic E-state index is 5.30. The molecule has 0 radical (unpaired) electrons. The first kappa shape index (κ1) is 5.69. The fraction of sp³-hybridized carbons (Fsp3) is 1.00. The first-order chi connectivity index (χ1) is 4.47. The summed E-state index contributed by atoms with van der Waals surface area (Å²) in [6.07, 6.45) is 3.10. The number of epoxide rings is 1. The average Bonchev–Trinajstić information content (AvgIpc) is 2.71. The van der Waals surface area contributed by atoms with Gasteiger partial charge in [0.15, 0.2) is 0 Å². The minimum atomic E-state index is 0.560. The molecule has 2 heterocycles. The summed E-state index contributed by atoms with van der Waals surface area (Å²) in [5, 5.41) is 0. The van der Waals surface area contributed by atoms with Crippen molar-refractivity contribution in [3.05, 3.63) is 0 Å². The standard InChI is InChI=1S/C7H12O2/c1-2-6(4-8-3-1)7-5-9-7/h6-7H,1-5H2/t6?,7-/m1/s1. The van der Waals surface area contributed by atoms with Crippen molar-refractivity contribution in [2.24, 2.45) is 5.92 Å². The molecule has 0 amide bonds. The molecule has 0 aromatic carbocycles. The highest BCUT2D eigenvalue weighted by Gasteiger charge is 2.33. The van der Waals surface area contributed by atoms with E-state index in [0.717, 1.165) is 25.7 Å². The highest BCUT2D eigenvalue weighted by atomic mass is 16.6. The molecule has 2 aliphatic heterocycles. The van der Waals surface area contributed by atoms with Gasteiger partial charge in [0.1, 0.15) is 0 Å². The summed E-state index contributed by atoms with van der Waals surface area (Å²) in [5.41, 5.74) is 0. The molecule has 9 heavy (non-hydrogen) atoms. The molecule has 0 saturated carbocycles. The minimum absolute atomic E-state index is 0.560. The van der Waals surface area contributed by atoms with E-state index in [1.807, 2.05) is 0 Å². The molecule has 52 valence electrons. The molecule has 2 saturated heterocycles. The maximum absolute atomic E-state index is 5.30. The summed E-state index contributed by atoms with van der Waals surface area (Å²) < 4.78 is 10.5. The van der Waals surface area contributed by atoms with E-state index >= 15 is 0 Å².